The fourth-order valence-electron chi connectivity index (χ4n) is 4.44. The van der Waals surface area contributed by atoms with Gasteiger partial charge in [-0.15, -0.1) is 0 Å². The number of nitrogens with one attached hydrogen (secondary N) is 1. The average molecular weight is 447 g/mol. The summed E-state index contributed by atoms with van der Waals surface area (Å²) in [6.45, 7) is 6.71. The van der Waals surface area contributed by atoms with Crippen LogP contribution in [-0.4, -0.2) is 45.8 Å². The van der Waals surface area contributed by atoms with Crippen molar-refractivity contribution in [2.45, 2.75) is 46.1 Å². The smallest absolute Gasteiger partial charge is 0.291 e. The van der Waals surface area contributed by atoms with Gasteiger partial charge in [0.1, 0.15) is 0 Å². The first-order valence-electron chi connectivity index (χ1n) is 11.4. The van der Waals surface area contributed by atoms with Crippen LogP contribution in [0.5, 0.6) is 0 Å². The van der Waals surface area contributed by atoms with Crippen molar-refractivity contribution >= 4 is 11.8 Å². The molecular weight excluding hydrogens is 416 g/mol. The number of carbonyl (C=O) groups is 2. The Morgan fingerprint density at radius 2 is 1.70 bits per heavy atom. The lowest BCUT2D eigenvalue weighted by Crippen LogP contribution is -2.52. The molecule has 3 aromatic rings. The van der Waals surface area contributed by atoms with Crippen molar-refractivity contribution in [3.8, 4) is 11.1 Å². The van der Waals surface area contributed by atoms with Crippen molar-refractivity contribution in [3.63, 3.8) is 0 Å². The minimum Gasteiger partial charge on any atom is -0.438 e. The molecule has 33 heavy (non-hydrogen) atoms. The first kappa shape index (κ1) is 22.7. The Bertz CT molecular complexity index is 1100. The molecule has 172 valence electrons. The van der Waals surface area contributed by atoms with Crippen LogP contribution >= 0.6 is 0 Å². The Labute approximate surface area is 194 Å². The second-order valence-electron chi connectivity index (χ2n) is 9.08. The maximum absolute atomic E-state index is 13.3. The Balaban J connectivity index is 1.52. The molecule has 7 nitrogen and oxygen atoms in total. The fourth-order valence-corrected chi connectivity index (χ4v) is 4.44. The molecule has 0 spiro atoms. The second kappa shape index (κ2) is 9.57. The van der Waals surface area contributed by atoms with Crippen molar-refractivity contribution in [1.29, 1.82) is 0 Å². The molecule has 3 heterocycles. The normalized spacial score (nSPS) is 15.5. The summed E-state index contributed by atoms with van der Waals surface area (Å²) in [6, 6.07) is 12.4. The molecule has 4 rings (SSSR count). The SMILES string of the molecule is Cc1ncoc1C(=O)N1CCC(Cc2ccc(-c3ccncc3)cc2)(C(=O)NC(C)C)CC1. The van der Waals surface area contributed by atoms with E-state index in [2.05, 4.69) is 39.6 Å². The average Bonchev–Trinajstić information content (AvgIpc) is 3.25. The number of hydrogen-bond acceptors (Lipinski definition) is 5. The highest BCUT2D eigenvalue weighted by atomic mass is 16.3. The molecule has 1 fully saturated rings. The Morgan fingerprint density at radius 1 is 1.06 bits per heavy atom. The third-order valence-electron chi connectivity index (χ3n) is 6.36. The lowest BCUT2D eigenvalue weighted by molar-refractivity contribution is -0.134. The van der Waals surface area contributed by atoms with Crippen LogP contribution in [0.4, 0.5) is 0 Å². The lowest BCUT2D eigenvalue weighted by atomic mass is 9.72. The molecule has 2 aromatic heterocycles. The number of piperidine rings is 1. The van der Waals surface area contributed by atoms with E-state index in [1.807, 2.05) is 26.0 Å². The van der Waals surface area contributed by atoms with Crippen LogP contribution in [-0.2, 0) is 11.2 Å². The monoisotopic (exact) mass is 446 g/mol. The fraction of sp³-hybridized carbons (Fsp3) is 0.385. The van der Waals surface area contributed by atoms with Gasteiger partial charge in [-0.25, -0.2) is 4.98 Å². The third kappa shape index (κ3) is 4.97. The second-order valence-corrected chi connectivity index (χ2v) is 9.08. The van der Waals surface area contributed by atoms with E-state index in [1.54, 1.807) is 24.2 Å². The van der Waals surface area contributed by atoms with Crippen LogP contribution in [0.2, 0.25) is 0 Å². The van der Waals surface area contributed by atoms with Crippen LogP contribution in [0.15, 0.2) is 59.6 Å². The summed E-state index contributed by atoms with van der Waals surface area (Å²) in [6.07, 6.45) is 6.68. The number of aryl methyl sites for hydroxylation is 1. The van der Waals surface area contributed by atoms with Gasteiger partial charge in [-0.3, -0.25) is 14.6 Å². The molecule has 1 aromatic carbocycles. The van der Waals surface area contributed by atoms with Crippen LogP contribution in [0.25, 0.3) is 11.1 Å². The van der Waals surface area contributed by atoms with Gasteiger partial charge >= 0.3 is 0 Å². The lowest BCUT2D eigenvalue weighted by Gasteiger charge is -2.41. The van der Waals surface area contributed by atoms with Crippen molar-refractivity contribution in [3.05, 3.63) is 72.2 Å². The summed E-state index contributed by atoms with van der Waals surface area (Å²) in [5, 5.41) is 3.11. The summed E-state index contributed by atoms with van der Waals surface area (Å²) in [4.78, 5) is 36.1. The van der Waals surface area contributed by atoms with E-state index in [1.165, 1.54) is 6.39 Å². The van der Waals surface area contributed by atoms with E-state index >= 15 is 0 Å². The minimum absolute atomic E-state index is 0.0543. The molecule has 0 radical (unpaired) electrons. The van der Waals surface area contributed by atoms with E-state index in [0.29, 0.717) is 38.0 Å². The standard InChI is InChI=1S/C26H30N4O3/c1-18(2)29-25(32)26(10-14-30(15-11-26)24(31)23-19(3)28-17-33-23)16-20-4-6-21(7-5-20)22-8-12-27-13-9-22/h4-9,12-13,17-18H,10-11,14-16H2,1-3H3,(H,29,32). The Morgan fingerprint density at radius 3 is 2.27 bits per heavy atom. The summed E-state index contributed by atoms with van der Waals surface area (Å²) in [5.74, 6) is 0.170. The van der Waals surface area contributed by atoms with Gasteiger partial charge in [0.2, 0.25) is 11.7 Å². The Hall–Kier alpha value is -3.48. The molecule has 0 unspecified atom stereocenters. The molecular formula is C26H30N4O3. The molecule has 0 atom stereocenters. The third-order valence-corrected chi connectivity index (χ3v) is 6.36. The van der Waals surface area contributed by atoms with E-state index in [9.17, 15) is 9.59 Å². The summed E-state index contributed by atoms with van der Waals surface area (Å²) >= 11 is 0. The predicted molar refractivity (Wildman–Crippen MR) is 125 cm³/mol. The highest BCUT2D eigenvalue weighted by Crippen LogP contribution is 2.37. The summed E-state index contributed by atoms with van der Waals surface area (Å²) in [7, 11) is 0. The predicted octanol–water partition coefficient (Wildman–Crippen LogP) is 4.03. The maximum atomic E-state index is 13.3. The van der Waals surface area contributed by atoms with Crippen molar-refractivity contribution in [2.24, 2.45) is 5.41 Å². The number of likely N-dealkylation sites (tertiary alicyclic amines) is 1. The summed E-state index contributed by atoms with van der Waals surface area (Å²) < 4.78 is 5.29. The number of aromatic nitrogens is 2. The molecule has 1 aliphatic heterocycles. The first-order chi connectivity index (χ1) is 15.9. The number of benzene rings is 1. The van der Waals surface area contributed by atoms with E-state index < -0.39 is 5.41 Å². The summed E-state index contributed by atoms with van der Waals surface area (Å²) in [5.41, 5.74) is 3.36. The van der Waals surface area contributed by atoms with Gasteiger partial charge in [-0.2, -0.15) is 0 Å². The highest BCUT2D eigenvalue weighted by Gasteiger charge is 2.43. The number of rotatable bonds is 6. The van der Waals surface area contributed by atoms with Gasteiger partial charge < -0.3 is 14.6 Å². The zero-order chi connectivity index (χ0) is 23.4. The molecule has 7 heteroatoms. The van der Waals surface area contributed by atoms with Crippen LogP contribution in [0.3, 0.4) is 0 Å². The zero-order valence-electron chi connectivity index (χ0n) is 19.4. The van der Waals surface area contributed by atoms with E-state index in [0.717, 1.165) is 16.7 Å². The van der Waals surface area contributed by atoms with Crippen molar-refractivity contribution < 1.29 is 14.0 Å². The molecule has 2 amide bonds. The number of hydrogen-bond donors (Lipinski definition) is 1. The van der Waals surface area contributed by atoms with Gasteiger partial charge in [0.25, 0.3) is 5.91 Å². The van der Waals surface area contributed by atoms with E-state index in [-0.39, 0.29) is 23.6 Å². The number of amides is 2. The van der Waals surface area contributed by atoms with Crippen molar-refractivity contribution in [1.82, 2.24) is 20.2 Å². The number of nitrogens with zero attached hydrogens (tertiary/aromatic N) is 3. The topological polar surface area (TPSA) is 88.3 Å². The molecule has 1 N–H and O–H groups in total. The van der Waals surface area contributed by atoms with E-state index in [4.69, 9.17) is 4.42 Å². The van der Waals surface area contributed by atoms with Crippen LogP contribution < -0.4 is 5.32 Å². The zero-order valence-corrected chi connectivity index (χ0v) is 19.4. The molecule has 0 aliphatic carbocycles. The molecule has 0 bridgehead atoms. The van der Waals surface area contributed by atoms with Gasteiger partial charge in [0.15, 0.2) is 6.39 Å². The van der Waals surface area contributed by atoms with Crippen molar-refractivity contribution in [2.75, 3.05) is 13.1 Å². The van der Waals surface area contributed by atoms with Gasteiger partial charge in [0, 0.05) is 31.5 Å². The van der Waals surface area contributed by atoms with Gasteiger partial charge in [-0.1, -0.05) is 24.3 Å². The Kier molecular flexibility index (Phi) is 6.58. The van der Waals surface area contributed by atoms with Crippen LogP contribution in [0.1, 0.15) is 48.5 Å². The maximum Gasteiger partial charge on any atom is 0.291 e. The highest BCUT2D eigenvalue weighted by molar-refractivity contribution is 5.92. The minimum atomic E-state index is -0.560. The first-order valence-corrected chi connectivity index (χ1v) is 11.4. The molecule has 1 aliphatic rings. The van der Waals surface area contributed by atoms with Gasteiger partial charge in [0.05, 0.1) is 11.1 Å². The largest absolute Gasteiger partial charge is 0.438 e. The number of pyridine rings is 1. The number of carbonyl (C=O) groups excluding carboxylic acids is 2. The number of oxazole rings is 1. The quantitative estimate of drug-likeness (QED) is 0.618. The van der Waals surface area contributed by atoms with Crippen LogP contribution in [0, 0.1) is 12.3 Å². The molecule has 0 saturated carbocycles. The van der Waals surface area contributed by atoms with Gasteiger partial charge in [-0.05, 0) is 68.9 Å². The molecule has 1 saturated heterocycles.